The Kier molecular flexibility index (Phi) is 6.59. The lowest BCUT2D eigenvalue weighted by Crippen LogP contribution is -2.35. The van der Waals surface area contributed by atoms with Gasteiger partial charge in [0, 0.05) is 37.8 Å². The molecule has 32 heavy (non-hydrogen) atoms. The molecule has 0 amide bonds. The first-order valence-electron chi connectivity index (χ1n) is 10.4. The predicted octanol–water partition coefficient (Wildman–Crippen LogP) is 2.09. The number of esters is 4. The van der Waals surface area contributed by atoms with Crippen molar-refractivity contribution in [2.75, 3.05) is 6.61 Å². The topological polar surface area (TPSA) is 118 Å². The minimum absolute atomic E-state index is 0.132. The van der Waals surface area contributed by atoms with Crippen LogP contribution in [0.2, 0.25) is 0 Å². The van der Waals surface area contributed by atoms with Crippen LogP contribution in [0.3, 0.4) is 0 Å². The lowest BCUT2D eigenvalue weighted by molar-refractivity contribution is -0.145. The summed E-state index contributed by atoms with van der Waals surface area (Å²) >= 11 is 0. The lowest BCUT2D eigenvalue weighted by Gasteiger charge is -2.26. The molecule has 3 aliphatic rings. The van der Waals surface area contributed by atoms with Gasteiger partial charge in [-0.25, -0.2) is 9.59 Å². The molecule has 0 spiro atoms. The van der Waals surface area contributed by atoms with E-state index >= 15 is 0 Å². The van der Waals surface area contributed by atoms with Gasteiger partial charge in [0.1, 0.15) is 30.5 Å². The molecule has 2 aliphatic heterocycles. The van der Waals surface area contributed by atoms with Gasteiger partial charge in [0.05, 0.1) is 5.57 Å². The summed E-state index contributed by atoms with van der Waals surface area (Å²) in [7, 11) is 0. The number of hydrogen-bond donors (Lipinski definition) is 0. The van der Waals surface area contributed by atoms with Gasteiger partial charge in [-0.15, -0.1) is 0 Å². The Balaban J connectivity index is 2.07. The summed E-state index contributed by atoms with van der Waals surface area (Å²) in [6, 6.07) is 0. The molecule has 1 saturated heterocycles. The predicted molar refractivity (Wildman–Crippen MR) is 110 cm³/mol. The molecule has 0 aromatic carbocycles. The number of rotatable bonds is 5. The molecule has 0 bridgehead atoms. The van der Waals surface area contributed by atoms with Gasteiger partial charge in [0.15, 0.2) is 6.10 Å². The first kappa shape index (κ1) is 23.7. The summed E-state index contributed by atoms with van der Waals surface area (Å²) in [5.41, 5.74) is 0.782. The van der Waals surface area contributed by atoms with Crippen molar-refractivity contribution < 1.29 is 42.9 Å². The number of carbonyl (C=O) groups excluding carboxylic acids is 4. The van der Waals surface area contributed by atoms with Crippen LogP contribution in [0.1, 0.15) is 47.5 Å². The monoisotopic (exact) mass is 448 g/mol. The second-order valence-corrected chi connectivity index (χ2v) is 8.63. The van der Waals surface area contributed by atoms with E-state index in [0.717, 1.165) is 5.57 Å². The summed E-state index contributed by atoms with van der Waals surface area (Å²) in [5.74, 6) is -2.28. The fraction of sp³-hybridized carbons (Fsp3) is 0.565. The second-order valence-electron chi connectivity index (χ2n) is 8.63. The zero-order chi connectivity index (χ0) is 23.8. The molecule has 5 atom stereocenters. The normalized spacial score (nSPS) is 31.4. The van der Waals surface area contributed by atoms with Crippen molar-refractivity contribution in [2.24, 2.45) is 0 Å². The zero-order valence-electron chi connectivity index (χ0n) is 18.9. The van der Waals surface area contributed by atoms with Crippen molar-refractivity contribution in [1.29, 1.82) is 0 Å². The SMILES string of the molecule is C=C(C)C(=O)OC1CC(C)=CC(OC(C)=O)CC2(C)OC2C2OC(=O)C(COC(C)=O)=C12. The van der Waals surface area contributed by atoms with Crippen LogP contribution in [0.5, 0.6) is 0 Å². The standard InChI is InChI=1S/C23H28O9/c1-11(2)21(26)30-17-8-12(3)7-15(29-14(5)25)9-23(6)20(32-23)19-18(17)16(22(27)31-19)10-28-13(4)24/h7,15,17,19-20H,1,8-10H2,2-6H3. The highest BCUT2D eigenvalue weighted by Gasteiger charge is 2.62. The Morgan fingerprint density at radius 2 is 1.88 bits per heavy atom. The van der Waals surface area contributed by atoms with Gasteiger partial charge >= 0.3 is 23.9 Å². The van der Waals surface area contributed by atoms with Gasteiger partial charge in [0.25, 0.3) is 0 Å². The maximum absolute atomic E-state index is 12.7. The Morgan fingerprint density at radius 1 is 1.19 bits per heavy atom. The van der Waals surface area contributed by atoms with E-state index in [-0.39, 0.29) is 24.2 Å². The van der Waals surface area contributed by atoms with E-state index in [4.69, 9.17) is 23.7 Å². The minimum atomic E-state index is -0.887. The highest BCUT2D eigenvalue weighted by atomic mass is 16.7. The van der Waals surface area contributed by atoms with E-state index in [1.54, 1.807) is 6.08 Å². The van der Waals surface area contributed by atoms with E-state index in [0.29, 0.717) is 12.0 Å². The first-order chi connectivity index (χ1) is 14.9. The van der Waals surface area contributed by atoms with Gasteiger partial charge in [-0.2, -0.15) is 0 Å². The van der Waals surface area contributed by atoms with E-state index in [2.05, 4.69) is 6.58 Å². The molecule has 0 aromatic heterocycles. The Bertz CT molecular complexity index is 928. The molecule has 1 fully saturated rings. The molecule has 2 heterocycles. The first-order valence-corrected chi connectivity index (χ1v) is 10.4. The number of fused-ring (bicyclic) bond motifs is 3. The Labute approximate surface area is 186 Å². The van der Waals surface area contributed by atoms with Gasteiger partial charge in [-0.3, -0.25) is 9.59 Å². The highest BCUT2D eigenvalue weighted by molar-refractivity contribution is 5.94. The summed E-state index contributed by atoms with van der Waals surface area (Å²) in [4.78, 5) is 48.1. The van der Waals surface area contributed by atoms with Crippen molar-refractivity contribution in [3.63, 3.8) is 0 Å². The van der Waals surface area contributed by atoms with E-state index in [1.807, 2.05) is 13.8 Å². The third-order valence-electron chi connectivity index (χ3n) is 5.62. The van der Waals surface area contributed by atoms with Crippen LogP contribution < -0.4 is 0 Å². The fourth-order valence-electron chi connectivity index (χ4n) is 4.13. The van der Waals surface area contributed by atoms with Crippen LogP contribution in [0.4, 0.5) is 0 Å². The molecular formula is C23H28O9. The summed E-state index contributed by atoms with van der Waals surface area (Å²) in [6.45, 7) is 11.0. The molecular weight excluding hydrogens is 420 g/mol. The van der Waals surface area contributed by atoms with Crippen LogP contribution in [0.25, 0.3) is 0 Å². The molecule has 9 nitrogen and oxygen atoms in total. The minimum Gasteiger partial charge on any atom is -0.461 e. The molecule has 0 saturated carbocycles. The summed E-state index contributed by atoms with van der Waals surface area (Å²) in [6.07, 6.45) is -0.434. The quantitative estimate of drug-likeness (QED) is 0.205. The highest BCUT2D eigenvalue weighted by Crippen LogP contribution is 2.49. The van der Waals surface area contributed by atoms with E-state index in [1.165, 1.54) is 20.8 Å². The van der Waals surface area contributed by atoms with Crippen molar-refractivity contribution in [1.82, 2.24) is 0 Å². The fourth-order valence-corrected chi connectivity index (χ4v) is 4.13. The number of carbonyl (C=O) groups is 4. The van der Waals surface area contributed by atoms with Crippen LogP contribution >= 0.6 is 0 Å². The average molecular weight is 448 g/mol. The van der Waals surface area contributed by atoms with Gasteiger partial charge in [0.2, 0.25) is 0 Å². The molecule has 0 radical (unpaired) electrons. The number of hydrogen-bond acceptors (Lipinski definition) is 9. The largest absolute Gasteiger partial charge is 0.461 e. The van der Waals surface area contributed by atoms with Crippen LogP contribution in [0, 0.1) is 0 Å². The van der Waals surface area contributed by atoms with Crippen molar-refractivity contribution >= 4 is 23.9 Å². The third kappa shape index (κ3) is 5.09. The molecule has 0 N–H and O–H groups in total. The summed E-state index contributed by atoms with van der Waals surface area (Å²) < 4.78 is 27.7. The van der Waals surface area contributed by atoms with Crippen molar-refractivity contribution in [3.05, 3.63) is 34.9 Å². The number of epoxide rings is 1. The molecule has 3 rings (SSSR count). The molecule has 9 heteroatoms. The molecule has 0 aromatic rings. The van der Waals surface area contributed by atoms with Gasteiger partial charge in [-0.05, 0) is 26.8 Å². The smallest absolute Gasteiger partial charge is 0.338 e. The zero-order valence-corrected chi connectivity index (χ0v) is 18.9. The second kappa shape index (κ2) is 8.90. The van der Waals surface area contributed by atoms with Gasteiger partial charge < -0.3 is 23.7 Å². The maximum atomic E-state index is 12.7. The van der Waals surface area contributed by atoms with Gasteiger partial charge in [-0.1, -0.05) is 12.2 Å². The maximum Gasteiger partial charge on any atom is 0.338 e. The molecule has 174 valence electrons. The molecule has 1 aliphatic carbocycles. The van der Waals surface area contributed by atoms with E-state index in [9.17, 15) is 19.2 Å². The average Bonchev–Trinajstić information content (AvgIpc) is 3.19. The van der Waals surface area contributed by atoms with Crippen LogP contribution in [-0.4, -0.2) is 60.5 Å². The van der Waals surface area contributed by atoms with Crippen LogP contribution in [-0.2, 0) is 42.9 Å². The van der Waals surface area contributed by atoms with Crippen LogP contribution in [0.15, 0.2) is 34.9 Å². The Morgan fingerprint density at radius 3 is 2.47 bits per heavy atom. The number of ether oxygens (including phenoxy) is 5. The third-order valence-corrected chi connectivity index (χ3v) is 5.62. The lowest BCUT2D eigenvalue weighted by atomic mass is 9.86. The Hall–Kier alpha value is -2.94. The molecule has 5 unspecified atom stereocenters. The van der Waals surface area contributed by atoms with Crippen molar-refractivity contribution in [3.8, 4) is 0 Å². The summed E-state index contributed by atoms with van der Waals surface area (Å²) in [5, 5.41) is 0. The van der Waals surface area contributed by atoms with Crippen molar-refractivity contribution in [2.45, 2.75) is 77.5 Å². The van der Waals surface area contributed by atoms with E-state index < -0.39 is 53.9 Å².